The molecule has 6 nitrogen and oxygen atoms in total. The fourth-order valence-corrected chi connectivity index (χ4v) is 6.10. The zero-order valence-corrected chi connectivity index (χ0v) is 20.0. The van der Waals surface area contributed by atoms with Crippen molar-refractivity contribution in [3.63, 3.8) is 0 Å². The maximum atomic E-state index is 14.5. The molecule has 186 valence electrons. The highest BCUT2D eigenvalue weighted by Crippen LogP contribution is 2.48. The Kier molecular flexibility index (Phi) is 6.27. The number of alkyl halides is 3. The number of halogens is 4. The number of nitrogens with zero attached hydrogens (tertiary/aromatic N) is 3. The Labute approximate surface area is 203 Å². The lowest BCUT2D eigenvalue weighted by molar-refractivity contribution is -0.137. The molecule has 0 aliphatic carbocycles. The van der Waals surface area contributed by atoms with Crippen molar-refractivity contribution < 1.29 is 22.3 Å². The van der Waals surface area contributed by atoms with Gasteiger partial charge < -0.3 is 15.0 Å². The minimum atomic E-state index is -4.69. The van der Waals surface area contributed by atoms with Gasteiger partial charge in [-0.2, -0.15) is 18.2 Å². The lowest BCUT2D eigenvalue weighted by Crippen LogP contribution is -2.51. The van der Waals surface area contributed by atoms with E-state index in [1.807, 2.05) is 11.8 Å². The molecule has 1 saturated heterocycles. The first-order valence-electron chi connectivity index (χ1n) is 11.3. The van der Waals surface area contributed by atoms with Crippen LogP contribution in [-0.4, -0.2) is 54.2 Å². The molecule has 0 radical (unpaired) electrons. The van der Waals surface area contributed by atoms with Gasteiger partial charge in [0.25, 0.3) is 0 Å². The van der Waals surface area contributed by atoms with Crippen molar-refractivity contribution >= 4 is 28.5 Å². The van der Waals surface area contributed by atoms with Gasteiger partial charge in [0.05, 0.1) is 23.7 Å². The molecule has 0 spiro atoms. The number of rotatable bonds is 3. The molecule has 0 bridgehead atoms. The van der Waals surface area contributed by atoms with E-state index in [-0.39, 0.29) is 34.9 Å². The quantitative estimate of drug-likeness (QED) is 0.537. The maximum absolute atomic E-state index is 14.5. The highest BCUT2D eigenvalue weighted by atomic mass is 32.2. The van der Waals surface area contributed by atoms with Crippen LogP contribution in [0.4, 0.5) is 23.4 Å². The number of nitrogens with one attached hydrogen (secondary N) is 1. The Bertz CT molecular complexity index is 1330. The fourth-order valence-electron chi connectivity index (χ4n) is 4.78. The summed E-state index contributed by atoms with van der Waals surface area (Å²) in [5, 5.41) is 3.53. The van der Waals surface area contributed by atoms with E-state index in [0.29, 0.717) is 35.8 Å². The lowest BCUT2D eigenvalue weighted by atomic mass is 9.96. The van der Waals surface area contributed by atoms with Crippen LogP contribution in [0.25, 0.3) is 22.0 Å². The second kappa shape index (κ2) is 9.11. The molecule has 1 fully saturated rings. The van der Waals surface area contributed by atoms with Crippen LogP contribution in [0.2, 0.25) is 0 Å². The summed E-state index contributed by atoms with van der Waals surface area (Å²) >= 11 is 1.22. The first-order chi connectivity index (χ1) is 16.7. The molecule has 5 rings (SSSR count). The van der Waals surface area contributed by atoms with E-state index in [1.54, 1.807) is 0 Å². The third kappa shape index (κ3) is 4.30. The van der Waals surface area contributed by atoms with Crippen LogP contribution < -0.4 is 15.9 Å². The largest absolute Gasteiger partial charge is 0.417 e. The molecule has 3 heterocycles. The summed E-state index contributed by atoms with van der Waals surface area (Å²) in [6, 6.07) is 5.99. The molecule has 3 aromatic rings. The standard InChI is InChI=1S/C24H24F4N4O2S/c1-13-10-29-7-8-31(13)22-17-9-18(24(26,27)28)19(14-3-5-15(25)6-4-14)21-20(17)32(23(33)30-22)11-16(34-2)12-35-21/h3-6,9,13,16,29H,7-8,10-12H2,1-2H3. The van der Waals surface area contributed by atoms with Gasteiger partial charge in [-0.1, -0.05) is 12.1 Å². The maximum Gasteiger partial charge on any atom is 0.417 e. The van der Waals surface area contributed by atoms with Crippen LogP contribution in [0.3, 0.4) is 0 Å². The van der Waals surface area contributed by atoms with Crippen LogP contribution >= 0.6 is 11.8 Å². The number of benzene rings is 2. The van der Waals surface area contributed by atoms with Gasteiger partial charge in [-0.3, -0.25) is 4.57 Å². The predicted octanol–water partition coefficient (Wildman–Crippen LogP) is 4.14. The minimum absolute atomic E-state index is 0.0613. The molecule has 0 saturated carbocycles. The van der Waals surface area contributed by atoms with Gasteiger partial charge in [-0.05, 0) is 30.7 Å². The van der Waals surface area contributed by atoms with Gasteiger partial charge in [0, 0.05) is 54.4 Å². The molecule has 2 aliphatic rings. The number of ether oxygens (including phenoxy) is 1. The molecule has 2 aliphatic heterocycles. The van der Waals surface area contributed by atoms with Gasteiger partial charge in [0.2, 0.25) is 0 Å². The van der Waals surface area contributed by atoms with Crippen LogP contribution in [0, 0.1) is 5.82 Å². The van der Waals surface area contributed by atoms with E-state index in [9.17, 15) is 22.4 Å². The fraction of sp³-hybridized carbons (Fsp3) is 0.417. The van der Waals surface area contributed by atoms with E-state index in [0.717, 1.165) is 18.2 Å². The van der Waals surface area contributed by atoms with E-state index in [2.05, 4.69) is 10.3 Å². The Morgan fingerprint density at radius 3 is 2.63 bits per heavy atom. The predicted molar refractivity (Wildman–Crippen MR) is 128 cm³/mol. The Hall–Kier alpha value is -2.63. The van der Waals surface area contributed by atoms with Gasteiger partial charge >= 0.3 is 11.9 Å². The second-order valence-electron chi connectivity index (χ2n) is 8.77. The summed E-state index contributed by atoms with van der Waals surface area (Å²) in [4.78, 5) is 19.8. The molecule has 1 N–H and O–H groups in total. The topological polar surface area (TPSA) is 59.4 Å². The number of hydrogen-bond donors (Lipinski definition) is 1. The van der Waals surface area contributed by atoms with Crippen molar-refractivity contribution in [1.82, 2.24) is 14.9 Å². The first kappa shape index (κ1) is 24.1. The number of hydrogen-bond acceptors (Lipinski definition) is 6. The average molecular weight is 509 g/mol. The van der Waals surface area contributed by atoms with E-state index >= 15 is 0 Å². The number of thioether (sulfide) groups is 1. The third-order valence-electron chi connectivity index (χ3n) is 6.54. The Balaban J connectivity index is 1.91. The van der Waals surface area contributed by atoms with E-state index in [1.165, 1.54) is 35.6 Å². The molecule has 11 heteroatoms. The average Bonchev–Trinajstić information content (AvgIpc) is 3.02. The summed E-state index contributed by atoms with van der Waals surface area (Å²) in [5.41, 5.74) is -0.806. The van der Waals surface area contributed by atoms with Crippen molar-refractivity contribution in [2.24, 2.45) is 0 Å². The highest BCUT2D eigenvalue weighted by molar-refractivity contribution is 7.99. The van der Waals surface area contributed by atoms with Crippen molar-refractivity contribution in [2.45, 2.75) is 36.7 Å². The van der Waals surface area contributed by atoms with Gasteiger partial charge in [-0.25, -0.2) is 9.18 Å². The van der Waals surface area contributed by atoms with Crippen molar-refractivity contribution in [3.8, 4) is 11.1 Å². The summed E-state index contributed by atoms with van der Waals surface area (Å²) in [7, 11) is 1.51. The summed E-state index contributed by atoms with van der Waals surface area (Å²) in [5.74, 6) is 0.0583. The molecule has 1 aromatic heterocycles. The molecule has 2 unspecified atom stereocenters. The summed E-state index contributed by atoms with van der Waals surface area (Å²) in [6.07, 6.45) is -5.08. The zero-order chi connectivity index (χ0) is 24.9. The second-order valence-corrected chi connectivity index (χ2v) is 9.80. The van der Waals surface area contributed by atoms with Crippen molar-refractivity contribution in [3.05, 3.63) is 52.2 Å². The highest BCUT2D eigenvalue weighted by Gasteiger charge is 2.38. The molecule has 35 heavy (non-hydrogen) atoms. The summed E-state index contributed by atoms with van der Waals surface area (Å²) < 4.78 is 64.2. The zero-order valence-electron chi connectivity index (χ0n) is 19.2. The van der Waals surface area contributed by atoms with Gasteiger partial charge in [0.1, 0.15) is 11.6 Å². The SMILES string of the molecule is COC1CSc2c(-c3ccc(F)cc3)c(C(F)(F)F)cc3c(N4CCNCC4C)nc(=O)n(c23)C1. The molecule has 2 atom stereocenters. The minimum Gasteiger partial charge on any atom is -0.379 e. The van der Waals surface area contributed by atoms with Crippen molar-refractivity contribution in [1.29, 1.82) is 0 Å². The van der Waals surface area contributed by atoms with Gasteiger partial charge in [-0.15, -0.1) is 11.8 Å². The molecular weight excluding hydrogens is 484 g/mol. The van der Waals surface area contributed by atoms with Crippen LogP contribution in [0.15, 0.2) is 40.0 Å². The number of aromatic nitrogens is 2. The Morgan fingerprint density at radius 2 is 1.97 bits per heavy atom. The van der Waals surface area contributed by atoms with E-state index in [4.69, 9.17) is 4.74 Å². The lowest BCUT2D eigenvalue weighted by Gasteiger charge is -2.36. The number of piperazine rings is 1. The normalized spacial score (nSPS) is 20.8. The summed E-state index contributed by atoms with van der Waals surface area (Å²) in [6.45, 7) is 3.88. The number of anilines is 1. The molecule has 2 aromatic carbocycles. The third-order valence-corrected chi connectivity index (χ3v) is 7.77. The van der Waals surface area contributed by atoms with Crippen LogP contribution in [0.5, 0.6) is 0 Å². The van der Waals surface area contributed by atoms with E-state index < -0.39 is 29.4 Å². The molecule has 0 amide bonds. The Morgan fingerprint density at radius 1 is 1.23 bits per heavy atom. The first-order valence-corrected chi connectivity index (χ1v) is 12.2. The van der Waals surface area contributed by atoms with Crippen LogP contribution in [-0.2, 0) is 17.5 Å². The molecular formula is C24H24F4N4O2S. The van der Waals surface area contributed by atoms with Crippen LogP contribution in [0.1, 0.15) is 12.5 Å². The number of methoxy groups -OCH3 is 1. The monoisotopic (exact) mass is 508 g/mol. The van der Waals surface area contributed by atoms with Gasteiger partial charge in [0.15, 0.2) is 0 Å². The smallest absolute Gasteiger partial charge is 0.379 e. The van der Waals surface area contributed by atoms with Crippen molar-refractivity contribution in [2.75, 3.05) is 37.4 Å².